The van der Waals surface area contributed by atoms with E-state index in [9.17, 15) is 8.42 Å². The fourth-order valence-electron chi connectivity index (χ4n) is 1.74. The van der Waals surface area contributed by atoms with Crippen LogP contribution in [-0.2, 0) is 9.84 Å². The molecule has 16 heavy (non-hydrogen) atoms. The summed E-state index contributed by atoms with van der Waals surface area (Å²) < 4.78 is 23.4. The van der Waals surface area contributed by atoms with Gasteiger partial charge in [-0.05, 0) is 50.6 Å². The van der Waals surface area contributed by atoms with Crippen molar-refractivity contribution in [3.63, 3.8) is 0 Å². The first-order chi connectivity index (χ1) is 7.53. The molecule has 1 fully saturated rings. The molecule has 0 aromatic heterocycles. The van der Waals surface area contributed by atoms with Gasteiger partial charge in [0.25, 0.3) is 0 Å². The summed E-state index contributed by atoms with van der Waals surface area (Å²) in [5.41, 5.74) is 0. The molecule has 0 aromatic rings. The Morgan fingerprint density at radius 1 is 1.38 bits per heavy atom. The van der Waals surface area contributed by atoms with Crippen LogP contribution in [0, 0.1) is 11.8 Å². The molecule has 0 saturated heterocycles. The van der Waals surface area contributed by atoms with Crippen LogP contribution in [0.5, 0.6) is 0 Å². The predicted molar refractivity (Wildman–Crippen MR) is 68.3 cm³/mol. The Kier molecular flexibility index (Phi) is 5.76. The second-order valence-electron chi connectivity index (χ2n) is 5.16. The van der Waals surface area contributed by atoms with Crippen LogP contribution >= 0.6 is 0 Å². The third-order valence-corrected chi connectivity index (χ3v) is 4.86. The van der Waals surface area contributed by atoms with E-state index in [2.05, 4.69) is 19.2 Å². The fraction of sp³-hybridized carbons (Fsp3) is 1.00. The van der Waals surface area contributed by atoms with Gasteiger partial charge in [0.1, 0.15) is 0 Å². The molecule has 1 aliphatic carbocycles. The third kappa shape index (κ3) is 6.48. The van der Waals surface area contributed by atoms with E-state index in [0.29, 0.717) is 23.3 Å². The van der Waals surface area contributed by atoms with Crippen LogP contribution in [0.4, 0.5) is 0 Å². The molecule has 0 amide bonds. The molecule has 0 radical (unpaired) electrons. The molecular formula is C12H25NO2S. The lowest BCUT2D eigenvalue weighted by Gasteiger charge is -2.12. The lowest BCUT2D eigenvalue weighted by atomic mass is 10.1. The van der Waals surface area contributed by atoms with Crippen LogP contribution < -0.4 is 5.32 Å². The Hall–Kier alpha value is -0.0900. The molecule has 0 aliphatic heterocycles. The van der Waals surface area contributed by atoms with Crippen LogP contribution in [0.25, 0.3) is 0 Å². The molecule has 0 aromatic carbocycles. The summed E-state index contributed by atoms with van der Waals surface area (Å²) in [7, 11) is -2.77. The lowest BCUT2D eigenvalue weighted by Crippen LogP contribution is -2.24. The highest BCUT2D eigenvalue weighted by Gasteiger charge is 2.27. The Morgan fingerprint density at radius 2 is 2.06 bits per heavy atom. The van der Waals surface area contributed by atoms with Crippen LogP contribution in [0.3, 0.4) is 0 Å². The fourth-order valence-corrected chi connectivity index (χ4v) is 3.71. The highest BCUT2D eigenvalue weighted by Crippen LogP contribution is 2.30. The summed E-state index contributed by atoms with van der Waals surface area (Å²) >= 11 is 0. The normalized spacial score (nSPS) is 18.6. The molecule has 4 heteroatoms. The quantitative estimate of drug-likeness (QED) is 0.632. The zero-order valence-electron chi connectivity index (χ0n) is 10.5. The predicted octanol–water partition coefficient (Wildman–Crippen LogP) is 1.84. The van der Waals surface area contributed by atoms with Gasteiger partial charge >= 0.3 is 0 Å². The van der Waals surface area contributed by atoms with Gasteiger partial charge < -0.3 is 5.32 Å². The number of rotatable bonds is 9. The van der Waals surface area contributed by atoms with E-state index in [1.165, 1.54) is 0 Å². The van der Waals surface area contributed by atoms with Gasteiger partial charge in [0.05, 0.1) is 11.5 Å². The van der Waals surface area contributed by atoms with Crippen LogP contribution in [0.2, 0.25) is 0 Å². The van der Waals surface area contributed by atoms with E-state index in [0.717, 1.165) is 38.8 Å². The van der Waals surface area contributed by atoms with Gasteiger partial charge in [-0.1, -0.05) is 13.8 Å². The standard InChI is InChI=1S/C12H25NO2S/c1-3-7-13-9-11(2)6-8-16(14,15)10-12-4-5-12/h11-13H,3-10H2,1-2H3/t11-/m0/s1. The maximum Gasteiger partial charge on any atom is 0.150 e. The summed E-state index contributed by atoms with van der Waals surface area (Å²) in [4.78, 5) is 0. The minimum absolute atomic E-state index is 0.373. The van der Waals surface area contributed by atoms with Crippen molar-refractivity contribution in [2.45, 2.75) is 39.5 Å². The average Bonchev–Trinajstić information content (AvgIpc) is 2.99. The second-order valence-corrected chi connectivity index (χ2v) is 7.38. The number of hydrogen-bond donors (Lipinski definition) is 1. The van der Waals surface area contributed by atoms with Gasteiger partial charge in [-0.25, -0.2) is 8.42 Å². The van der Waals surface area contributed by atoms with Gasteiger partial charge in [-0.2, -0.15) is 0 Å². The smallest absolute Gasteiger partial charge is 0.150 e. The molecular weight excluding hydrogens is 222 g/mol. The highest BCUT2D eigenvalue weighted by atomic mass is 32.2. The van der Waals surface area contributed by atoms with Gasteiger partial charge in [0, 0.05) is 0 Å². The van der Waals surface area contributed by atoms with E-state index in [4.69, 9.17) is 0 Å². The molecule has 96 valence electrons. The SMILES string of the molecule is CCCNC[C@@H](C)CCS(=O)(=O)CC1CC1. The number of nitrogens with one attached hydrogen (secondary N) is 1. The largest absolute Gasteiger partial charge is 0.316 e. The maximum atomic E-state index is 11.7. The topological polar surface area (TPSA) is 46.2 Å². The first kappa shape index (κ1) is 14.0. The molecule has 1 rings (SSSR count). The first-order valence-corrected chi connectivity index (χ1v) is 8.26. The van der Waals surface area contributed by atoms with Gasteiger partial charge in [0.2, 0.25) is 0 Å². The average molecular weight is 247 g/mol. The van der Waals surface area contributed by atoms with Crippen molar-refractivity contribution in [3.8, 4) is 0 Å². The maximum absolute atomic E-state index is 11.7. The van der Waals surface area contributed by atoms with Crippen LogP contribution in [0.1, 0.15) is 39.5 Å². The summed E-state index contributed by atoms with van der Waals surface area (Å²) in [6.07, 6.45) is 4.16. The molecule has 1 saturated carbocycles. The molecule has 1 N–H and O–H groups in total. The highest BCUT2D eigenvalue weighted by molar-refractivity contribution is 7.91. The first-order valence-electron chi connectivity index (χ1n) is 6.44. The van der Waals surface area contributed by atoms with E-state index in [-0.39, 0.29) is 0 Å². The Labute approximate surface area is 99.9 Å². The monoisotopic (exact) mass is 247 g/mol. The molecule has 0 spiro atoms. The van der Waals surface area contributed by atoms with Crippen molar-refractivity contribution in [3.05, 3.63) is 0 Å². The second kappa shape index (κ2) is 6.60. The van der Waals surface area contributed by atoms with Gasteiger partial charge in [-0.15, -0.1) is 0 Å². The zero-order valence-corrected chi connectivity index (χ0v) is 11.4. The van der Waals surface area contributed by atoms with E-state index in [1.54, 1.807) is 0 Å². The summed E-state index contributed by atoms with van der Waals surface area (Å²) in [5, 5.41) is 3.33. The van der Waals surface area contributed by atoms with Crippen LogP contribution in [-0.4, -0.2) is 33.0 Å². The van der Waals surface area contributed by atoms with Gasteiger partial charge in [-0.3, -0.25) is 0 Å². The molecule has 0 unspecified atom stereocenters. The molecule has 0 bridgehead atoms. The molecule has 1 aliphatic rings. The van der Waals surface area contributed by atoms with Crippen molar-refractivity contribution >= 4 is 9.84 Å². The lowest BCUT2D eigenvalue weighted by molar-refractivity contribution is 0.495. The Morgan fingerprint density at radius 3 is 2.62 bits per heavy atom. The summed E-state index contributed by atoms with van der Waals surface area (Å²) in [6, 6.07) is 0. The van der Waals surface area contributed by atoms with Crippen molar-refractivity contribution in [1.82, 2.24) is 5.32 Å². The molecule has 3 nitrogen and oxygen atoms in total. The van der Waals surface area contributed by atoms with Crippen LogP contribution in [0.15, 0.2) is 0 Å². The minimum atomic E-state index is -2.77. The van der Waals surface area contributed by atoms with Crippen molar-refractivity contribution < 1.29 is 8.42 Å². The van der Waals surface area contributed by atoms with Crippen molar-refractivity contribution in [2.24, 2.45) is 11.8 Å². The zero-order chi connectivity index (χ0) is 12.0. The van der Waals surface area contributed by atoms with E-state index in [1.807, 2.05) is 0 Å². The third-order valence-electron chi connectivity index (χ3n) is 3.03. The van der Waals surface area contributed by atoms with Crippen molar-refractivity contribution in [1.29, 1.82) is 0 Å². The minimum Gasteiger partial charge on any atom is -0.316 e. The summed E-state index contributed by atoms with van der Waals surface area (Å²) in [5.74, 6) is 1.75. The molecule has 1 atom stereocenters. The Bertz CT molecular complexity index is 283. The number of hydrogen-bond acceptors (Lipinski definition) is 3. The Balaban J connectivity index is 2.11. The van der Waals surface area contributed by atoms with E-state index < -0.39 is 9.84 Å². The molecule has 0 heterocycles. The van der Waals surface area contributed by atoms with Gasteiger partial charge in [0.15, 0.2) is 9.84 Å². The summed E-state index contributed by atoms with van der Waals surface area (Å²) in [6.45, 7) is 6.22. The van der Waals surface area contributed by atoms with E-state index >= 15 is 0 Å². The van der Waals surface area contributed by atoms with Crippen molar-refractivity contribution in [2.75, 3.05) is 24.6 Å². The number of sulfone groups is 1.